The third-order valence-electron chi connectivity index (χ3n) is 5.70. The maximum atomic E-state index is 14.1. The van der Waals surface area contributed by atoms with Crippen LogP contribution in [0.5, 0.6) is 5.75 Å². The zero-order chi connectivity index (χ0) is 29.7. The van der Waals surface area contributed by atoms with Crippen molar-refractivity contribution in [1.82, 2.24) is 15.5 Å². The summed E-state index contributed by atoms with van der Waals surface area (Å²) in [6, 6.07) is 13.1. The van der Waals surface area contributed by atoms with Crippen LogP contribution in [0.4, 0.5) is 4.79 Å². The van der Waals surface area contributed by atoms with Gasteiger partial charge in [0.1, 0.15) is 23.4 Å². The van der Waals surface area contributed by atoms with E-state index < -0.39 is 41.6 Å². The SMILES string of the molecule is CCCN(C(=O)C(Cc1ccccc1)NC(=O)OC(C)(C)C)C(C(=O)NCCC(=O)OCC)c1cccc(O)c1. The summed E-state index contributed by atoms with van der Waals surface area (Å²) >= 11 is 0. The summed E-state index contributed by atoms with van der Waals surface area (Å²) in [5.41, 5.74) is 0.406. The van der Waals surface area contributed by atoms with E-state index in [9.17, 15) is 24.3 Å². The minimum atomic E-state index is -1.14. The molecule has 0 bridgehead atoms. The van der Waals surface area contributed by atoms with Crippen molar-refractivity contribution in [2.45, 2.75) is 71.6 Å². The van der Waals surface area contributed by atoms with E-state index in [1.54, 1.807) is 39.8 Å². The first kappa shape index (κ1) is 32.1. The largest absolute Gasteiger partial charge is 0.508 e. The van der Waals surface area contributed by atoms with Crippen LogP contribution in [0.2, 0.25) is 0 Å². The van der Waals surface area contributed by atoms with E-state index in [1.807, 2.05) is 37.3 Å². The number of benzene rings is 2. The van der Waals surface area contributed by atoms with E-state index in [0.717, 1.165) is 5.56 Å². The Hall–Kier alpha value is -4.08. The van der Waals surface area contributed by atoms with Gasteiger partial charge in [0.25, 0.3) is 0 Å². The number of phenolic OH excluding ortho intramolecular Hbond substituents is 1. The van der Waals surface area contributed by atoms with Crippen LogP contribution in [0, 0.1) is 0 Å². The summed E-state index contributed by atoms with van der Waals surface area (Å²) in [7, 11) is 0. The maximum Gasteiger partial charge on any atom is 0.408 e. The molecule has 2 unspecified atom stereocenters. The molecular weight excluding hydrogens is 514 g/mol. The molecule has 2 aromatic rings. The van der Waals surface area contributed by atoms with Gasteiger partial charge >= 0.3 is 12.1 Å². The Kier molecular flexibility index (Phi) is 12.4. The summed E-state index contributed by atoms with van der Waals surface area (Å²) in [5, 5.41) is 15.6. The van der Waals surface area contributed by atoms with E-state index in [1.165, 1.54) is 17.0 Å². The molecule has 0 saturated heterocycles. The summed E-state index contributed by atoms with van der Waals surface area (Å²) in [5.74, 6) is -1.56. The maximum absolute atomic E-state index is 14.1. The van der Waals surface area contributed by atoms with E-state index >= 15 is 0 Å². The second-order valence-electron chi connectivity index (χ2n) is 10.3. The lowest BCUT2D eigenvalue weighted by Gasteiger charge is -2.34. The molecule has 218 valence electrons. The molecule has 0 saturated carbocycles. The Morgan fingerprint density at radius 2 is 1.70 bits per heavy atom. The topological polar surface area (TPSA) is 134 Å². The molecule has 2 aromatic carbocycles. The van der Waals surface area contributed by atoms with Crippen LogP contribution in [0.3, 0.4) is 0 Å². The lowest BCUT2D eigenvalue weighted by atomic mass is 10.00. The van der Waals surface area contributed by atoms with Crippen LogP contribution in [0.1, 0.15) is 64.6 Å². The number of carbonyl (C=O) groups excluding carboxylic acids is 4. The fourth-order valence-electron chi connectivity index (χ4n) is 4.09. The van der Waals surface area contributed by atoms with Gasteiger partial charge in [-0.3, -0.25) is 14.4 Å². The third-order valence-corrected chi connectivity index (χ3v) is 5.70. The molecule has 2 rings (SSSR count). The molecule has 0 aliphatic heterocycles. The van der Waals surface area contributed by atoms with Gasteiger partial charge in [0, 0.05) is 19.5 Å². The molecule has 0 fully saturated rings. The van der Waals surface area contributed by atoms with E-state index in [0.29, 0.717) is 12.0 Å². The average Bonchev–Trinajstić information content (AvgIpc) is 2.87. The predicted molar refractivity (Wildman–Crippen MR) is 150 cm³/mol. The fourth-order valence-corrected chi connectivity index (χ4v) is 4.09. The zero-order valence-corrected chi connectivity index (χ0v) is 23.9. The number of carbonyl (C=O) groups is 4. The molecule has 0 aliphatic rings. The third kappa shape index (κ3) is 10.6. The first-order chi connectivity index (χ1) is 18.9. The highest BCUT2D eigenvalue weighted by Crippen LogP contribution is 2.26. The highest BCUT2D eigenvalue weighted by atomic mass is 16.6. The Balaban J connectivity index is 2.44. The molecule has 10 nitrogen and oxygen atoms in total. The van der Waals surface area contributed by atoms with Gasteiger partial charge in [0.15, 0.2) is 0 Å². The Bertz CT molecular complexity index is 1130. The van der Waals surface area contributed by atoms with Gasteiger partial charge in [-0.1, -0.05) is 49.4 Å². The van der Waals surface area contributed by atoms with Crippen LogP contribution in [0.25, 0.3) is 0 Å². The lowest BCUT2D eigenvalue weighted by Crippen LogP contribution is -2.54. The minimum Gasteiger partial charge on any atom is -0.508 e. The molecule has 0 aromatic heterocycles. The summed E-state index contributed by atoms with van der Waals surface area (Å²) < 4.78 is 10.4. The normalized spacial score (nSPS) is 12.5. The highest BCUT2D eigenvalue weighted by Gasteiger charge is 2.36. The Morgan fingerprint density at radius 1 is 1.00 bits per heavy atom. The second-order valence-corrected chi connectivity index (χ2v) is 10.3. The van der Waals surface area contributed by atoms with E-state index in [-0.39, 0.29) is 38.3 Å². The van der Waals surface area contributed by atoms with Crippen molar-refractivity contribution in [3.05, 3.63) is 65.7 Å². The van der Waals surface area contributed by atoms with Crippen molar-refractivity contribution < 1.29 is 33.8 Å². The van der Waals surface area contributed by atoms with Crippen molar-refractivity contribution in [3.8, 4) is 5.75 Å². The second kappa shape index (κ2) is 15.5. The van der Waals surface area contributed by atoms with E-state index in [4.69, 9.17) is 9.47 Å². The van der Waals surface area contributed by atoms with Crippen molar-refractivity contribution in [2.75, 3.05) is 19.7 Å². The van der Waals surface area contributed by atoms with Crippen LogP contribution in [-0.4, -0.2) is 65.2 Å². The Labute approximate surface area is 236 Å². The minimum absolute atomic E-state index is 0.00470. The monoisotopic (exact) mass is 555 g/mol. The number of esters is 1. The Morgan fingerprint density at radius 3 is 2.30 bits per heavy atom. The van der Waals surface area contributed by atoms with Gasteiger partial charge in [-0.25, -0.2) is 4.79 Å². The number of nitrogens with one attached hydrogen (secondary N) is 2. The molecular formula is C30H41N3O7. The first-order valence-corrected chi connectivity index (χ1v) is 13.5. The van der Waals surface area contributed by atoms with Crippen LogP contribution < -0.4 is 10.6 Å². The lowest BCUT2D eigenvalue weighted by molar-refractivity contribution is -0.144. The fraction of sp³-hybridized carbons (Fsp3) is 0.467. The molecule has 0 heterocycles. The molecule has 3 amide bonds. The smallest absolute Gasteiger partial charge is 0.408 e. The number of nitrogens with zero attached hydrogens (tertiary/aromatic N) is 1. The first-order valence-electron chi connectivity index (χ1n) is 13.5. The van der Waals surface area contributed by atoms with Gasteiger partial charge in [0.05, 0.1) is 13.0 Å². The van der Waals surface area contributed by atoms with Crippen molar-refractivity contribution in [1.29, 1.82) is 0 Å². The zero-order valence-electron chi connectivity index (χ0n) is 23.9. The number of hydrogen-bond acceptors (Lipinski definition) is 7. The van der Waals surface area contributed by atoms with Crippen molar-refractivity contribution in [2.24, 2.45) is 0 Å². The summed E-state index contributed by atoms with van der Waals surface area (Å²) in [6.07, 6.45) is -0.117. The number of amides is 3. The summed E-state index contributed by atoms with van der Waals surface area (Å²) in [4.78, 5) is 53.6. The quantitative estimate of drug-likeness (QED) is 0.319. The molecule has 0 aliphatic carbocycles. The number of phenols is 1. The van der Waals surface area contributed by atoms with Gasteiger partial charge < -0.3 is 30.1 Å². The van der Waals surface area contributed by atoms with Gasteiger partial charge in [-0.15, -0.1) is 0 Å². The highest BCUT2D eigenvalue weighted by molar-refractivity contribution is 5.92. The standard InChI is InChI=1S/C30H41N3O7/c1-6-18-33(26(22-14-11-15-23(34)20-22)27(36)31-17-16-25(35)39-7-2)28(37)24(19-21-12-9-8-10-13-21)32-29(38)40-30(3,4)5/h8-15,20,24,26,34H,6-7,16-19H2,1-5H3,(H,31,36)(H,32,38). The average molecular weight is 556 g/mol. The van der Waals surface area contributed by atoms with E-state index in [2.05, 4.69) is 10.6 Å². The number of hydrogen-bond donors (Lipinski definition) is 3. The van der Waals surface area contributed by atoms with Gasteiger partial charge in [-0.2, -0.15) is 0 Å². The van der Waals surface area contributed by atoms with Crippen molar-refractivity contribution in [3.63, 3.8) is 0 Å². The van der Waals surface area contributed by atoms with Crippen LogP contribution in [0.15, 0.2) is 54.6 Å². The number of ether oxygens (including phenoxy) is 2. The summed E-state index contributed by atoms with van der Waals surface area (Å²) in [6.45, 7) is 9.15. The van der Waals surface area contributed by atoms with Gasteiger partial charge in [0.2, 0.25) is 11.8 Å². The van der Waals surface area contributed by atoms with Gasteiger partial charge in [-0.05, 0) is 57.4 Å². The molecule has 10 heteroatoms. The number of aromatic hydroxyl groups is 1. The van der Waals surface area contributed by atoms with Crippen LogP contribution in [-0.2, 0) is 30.3 Å². The molecule has 0 radical (unpaired) electrons. The van der Waals surface area contributed by atoms with Crippen LogP contribution >= 0.6 is 0 Å². The number of alkyl carbamates (subject to hydrolysis) is 1. The molecule has 40 heavy (non-hydrogen) atoms. The predicted octanol–water partition coefficient (Wildman–Crippen LogP) is 3.88. The van der Waals surface area contributed by atoms with Crippen molar-refractivity contribution >= 4 is 23.9 Å². The number of rotatable bonds is 13. The molecule has 0 spiro atoms. The molecule has 3 N–H and O–H groups in total. The molecule has 2 atom stereocenters.